The van der Waals surface area contributed by atoms with Crippen LogP contribution in [-0.4, -0.2) is 11.7 Å². The van der Waals surface area contributed by atoms with Gasteiger partial charge in [0.05, 0.1) is 11.4 Å². The Balaban J connectivity index is 2.57. The number of hydrogen-bond acceptors (Lipinski definition) is 2. The van der Waals surface area contributed by atoms with Crippen molar-refractivity contribution < 1.29 is 4.79 Å². The summed E-state index contributed by atoms with van der Waals surface area (Å²) in [6.45, 7) is 4.09. The predicted octanol–water partition coefficient (Wildman–Crippen LogP) is 2.35. The van der Waals surface area contributed by atoms with Crippen LogP contribution in [0.1, 0.15) is 11.1 Å². The third kappa shape index (κ3) is 1.44. The molecule has 1 heterocycles. The van der Waals surface area contributed by atoms with E-state index in [-0.39, 0.29) is 5.91 Å². The van der Waals surface area contributed by atoms with Gasteiger partial charge in [-0.1, -0.05) is 12.1 Å². The molecule has 3 heteroatoms. The summed E-state index contributed by atoms with van der Waals surface area (Å²) >= 11 is 1.63. The number of aryl methyl sites for hydroxylation is 2. The van der Waals surface area contributed by atoms with Crippen LogP contribution in [0.5, 0.6) is 0 Å². The topological polar surface area (TPSA) is 29.1 Å². The van der Waals surface area contributed by atoms with E-state index in [0.29, 0.717) is 5.75 Å². The van der Waals surface area contributed by atoms with Gasteiger partial charge in [0.15, 0.2) is 0 Å². The molecule has 0 fully saturated rings. The minimum Gasteiger partial charge on any atom is -0.324 e. The molecule has 0 unspecified atom stereocenters. The Bertz CT molecular complexity index is 373. The maximum atomic E-state index is 11.2. The monoisotopic (exact) mass is 193 g/mol. The Labute approximate surface area is 81.7 Å². The maximum Gasteiger partial charge on any atom is 0.234 e. The number of carbonyl (C=O) groups is 1. The highest BCUT2D eigenvalue weighted by Gasteiger charge is 2.18. The zero-order valence-corrected chi connectivity index (χ0v) is 8.49. The van der Waals surface area contributed by atoms with Crippen molar-refractivity contribution in [2.24, 2.45) is 0 Å². The highest BCUT2D eigenvalue weighted by atomic mass is 32.2. The number of benzene rings is 1. The molecule has 1 aliphatic rings. The number of hydrogen-bond donors (Lipinski definition) is 1. The summed E-state index contributed by atoms with van der Waals surface area (Å²) in [4.78, 5) is 12.4. The van der Waals surface area contributed by atoms with Gasteiger partial charge in [-0.3, -0.25) is 4.79 Å². The van der Waals surface area contributed by atoms with Crippen LogP contribution in [0.2, 0.25) is 0 Å². The van der Waals surface area contributed by atoms with Crippen LogP contribution in [0.25, 0.3) is 0 Å². The average Bonchev–Trinajstić information content (AvgIpc) is 2.12. The standard InChI is InChI=1S/C10H11NOS/c1-6-3-4-7(2)10-9(6)11-8(12)5-13-10/h3-4H,5H2,1-2H3,(H,11,12). The average molecular weight is 193 g/mol. The fourth-order valence-electron chi connectivity index (χ4n) is 1.44. The lowest BCUT2D eigenvalue weighted by atomic mass is 10.1. The molecule has 1 N–H and O–H groups in total. The van der Waals surface area contributed by atoms with Crippen molar-refractivity contribution in [1.29, 1.82) is 0 Å². The number of anilines is 1. The van der Waals surface area contributed by atoms with Crippen molar-refractivity contribution in [2.45, 2.75) is 18.7 Å². The first-order valence-corrected chi connectivity index (χ1v) is 5.20. The lowest BCUT2D eigenvalue weighted by Gasteiger charge is -2.20. The van der Waals surface area contributed by atoms with Crippen LogP contribution in [-0.2, 0) is 4.79 Å². The molecular formula is C10H11NOS. The van der Waals surface area contributed by atoms with E-state index in [4.69, 9.17) is 0 Å². The number of carbonyl (C=O) groups excluding carboxylic acids is 1. The van der Waals surface area contributed by atoms with Gasteiger partial charge in [0, 0.05) is 4.90 Å². The van der Waals surface area contributed by atoms with E-state index in [1.807, 2.05) is 13.0 Å². The lowest BCUT2D eigenvalue weighted by Crippen LogP contribution is -2.19. The fraction of sp³-hybridized carbons (Fsp3) is 0.300. The van der Waals surface area contributed by atoms with Crippen molar-refractivity contribution in [3.63, 3.8) is 0 Å². The second-order valence-corrected chi connectivity index (χ2v) is 4.23. The largest absolute Gasteiger partial charge is 0.324 e. The zero-order valence-electron chi connectivity index (χ0n) is 7.68. The molecule has 0 bridgehead atoms. The van der Waals surface area contributed by atoms with Gasteiger partial charge in [0.2, 0.25) is 5.91 Å². The normalized spacial score (nSPS) is 15.1. The third-order valence-corrected chi connectivity index (χ3v) is 3.40. The van der Waals surface area contributed by atoms with Crippen LogP contribution >= 0.6 is 11.8 Å². The van der Waals surface area contributed by atoms with E-state index in [2.05, 4.69) is 18.3 Å². The lowest BCUT2D eigenvalue weighted by molar-refractivity contribution is -0.113. The van der Waals surface area contributed by atoms with Gasteiger partial charge < -0.3 is 5.32 Å². The minimum atomic E-state index is 0.103. The van der Waals surface area contributed by atoms with Crippen molar-refractivity contribution in [3.8, 4) is 0 Å². The number of rotatable bonds is 0. The van der Waals surface area contributed by atoms with Crippen molar-refractivity contribution in [3.05, 3.63) is 23.3 Å². The summed E-state index contributed by atoms with van der Waals surface area (Å²) in [6.07, 6.45) is 0. The number of nitrogens with one attached hydrogen (secondary N) is 1. The molecule has 1 aromatic carbocycles. The van der Waals surface area contributed by atoms with E-state index in [0.717, 1.165) is 11.3 Å². The summed E-state index contributed by atoms with van der Waals surface area (Å²) in [6, 6.07) is 4.14. The maximum absolute atomic E-state index is 11.2. The third-order valence-electron chi connectivity index (χ3n) is 2.17. The van der Waals surface area contributed by atoms with E-state index >= 15 is 0 Å². The van der Waals surface area contributed by atoms with Gasteiger partial charge in [-0.2, -0.15) is 0 Å². The van der Waals surface area contributed by atoms with Crippen LogP contribution in [0.3, 0.4) is 0 Å². The summed E-state index contributed by atoms with van der Waals surface area (Å²) in [5.41, 5.74) is 3.38. The molecule has 0 saturated heterocycles. The van der Waals surface area contributed by atoms with Gasteiger partial charge in [-0.25, -0.2) is 0 Å². The second-order valence-electron chi connectivity index (χ2n) is 3.24. The first kappa shape index (κ1) is 8.63. The first-order chi connectivity index (χ1) is 6.18. The van der Waals surface area contributed by atoms with Crippen LogP contribution in [0, 0.1) is 13.8 Å². The predicted molar refractivity (Wildman–Crippen MR) is 55.3 cm³/mol. The van der Waals surface area contributed by atoms with E-state index in [1.54, 1.807) is 11.8 Å². The van der Waals surface area contributed by atoms with Crippen LogP contribution in [0.15, 0.2) is 17.0 Å². The Morgan fingerprint density at radius 1 is 1.31 bits per heavy atom. The molecule has 1 aliphatic heterocycles. The Hall–Kier alpha value is -0.960. The summed E-state index contributed by atoms with van der Waals surface area (Å²) < 4.78 is 0. The molecule has 0 radical (unpaired) electrons. The molecule has 0 aliphatic carbocycles. The summed E-state index contributed by atoms with van der Waals surface area (Å²) in [5.74, 6) is 0.642. The molecule has 68 valence electrons. The quantitative estimate of drug-likeness (QED) is 0.685. The van der Waals surface area contributed by atoms with E-state index < -0.39 is 0 Å². The van der Waals surface area contributed by atoms with Gasteiger partial charge >= 0.3 is 0 Å². The smallest absolute Gasteiger partial charge is 0.234 e. The number of thioether (sulfide) groups is 1. The molecular weight excluding hydrogens is 182 g/mol. The SMILES string of the molecule is Cc1ccc(C)c2c1NC(=O)CS2. The van der Waals surface area contributed by atoms with E-state index in [9.17, 15) is 4.79 Å². The Kier molecular flexibility index (Phi) is 2.04. The second kappa shape index (κ2) is 3.07. The first-order valence-electron chi connectivity index (χ1n) is 4.21. The van der Waals surface area contributed by atoms with E-state index in [1.165, 1.54) is 10.5 Å². The Morgan fingerprint density at radius 2 is 2.00 bits per heavy atom. The zero-order chi connectivity index (χ0) is 9.42. The van der Waals surface area contributed by atoms with Gasteiger partial charge in [0.25, 0.3) is 0 Å². The van der Waals surface area contributed by atoms with Crippen LogP contribution < -0.4 is 5.32 Å². The number of fused-ring (bicyclic) bond motifs is 1. The minimum absolute atomic E-state index is 0.103. The van der Waals surface area contributed by atoms with Crippen LogP contribution in [0.4, 0.5) is 5.69 Å². The molecule has 2 nitrogen and oxygen atoms in total. The van der Waals surface area contributed by atoms with Gasteiger partial charge in [-0.05, 0) is 25.0 Å². The summed E-state index contributed by atoms with van der Waals surface area (Å²) in [5, 5.41) is 2.91. The fourth-order valence-corrected chi connectivity index (χ4v) is 2.44. The molecule has 2 rings (SSSR count). The van der Waals surface area contributed by atoms with Crippen molar-refractivity contribution in [2.75, 3.05) is 11.1 Å². The van der Waals surface area contributed by atoms with Crippen molar-refractivity contribution >= 4 is 23.4 Å². The number of amides is 1. The van der Waals surface area contributed by atoms with Crippen molar-refractivity contribution in [1.82, 2.24) is 0 Å². The molecule has 0 spiro atoms. The highest BCUT2D eigenvalue weighted by molar-refractivity contribution is 8.00. The Morgan fingerprint density at radius 3 is 2.77 bits per heavy atom. The van der Waals surface area contributed by atoms with Gasteiger partial charge in [0.1, 0.15) is 0 Å². The molecule has 1 amide bonds. The highest BCUT2D eigenvalue weighted by Crippen LogP contribution is 2.36. The molecule has 0 saturated carbocycles. The van der Waals surface area contributed by atoms with Gasteiger partial charge in [-0.15, -0.1) is 11.8 Å². The molecule has 1 aromatic rings. The molecule has 0 aromatic heterocycles. The molecule has 13 heavy (non-hydrogen) atoms. The molecule has 0 atom stereocenters. The summed E-state index contributed by atoms with van der Waals surface area (Å²) in [7, 11) is 0.